The summed E-state index contributed by atoms with van der Waals surface area (Å²) in [6, 6.07) is 4.92. The van der Waals surface area contributed by atoms with E-state index in [4.69, 9.17) is 5.11 Å². The van der Waals surface area contributed by atoms with Gasteiger partial charge in [0.05, 0.1) is 0 Å². The molecule has 0 bridgehead atoms. The number of hydrogen-bond acceptors (Lipinski definition) is 2. The number of piperidine rings is 1. The highest BCUT2D eigenvalue weighted by atomic mass is 19.1. The fourth-order valence-corrected chi connectivity index (χ4v) is 3.19. The van der Waals surface area contributed by atoms with Crippen LogP contribution < -0.4 is 0 Å². The molecule has 1 heterocycles. The van der Waals surface area contributed by atoms with Gasteiger partial charge in [-0.3, -0.25) is 9.69 Å². The Morgan fingerprint density at radius 2 is 2.29 bits per heavy atom. The van der Waals surface area contributed by atoms with Gasteiger partial charge in [-0.25, -0.2) is 4.39 Å². The van der Waals surface area contributed by atoms with Gasteiger partial charge in [-0.15, -0.1) is 0 Å². The molecular weight excluding hydrogens is 269 g/mol. The van der Waals surface area contributed by atoms with Crippen LogP contribution in [-0.2, 0) is 11.3 Å². The molecule has 2 rings (SSSR count). The van der Waals surface area contributed by atoms with E-state index in [-0.39, 0.29) is 18.2 Å². The standard InChI is InChI=1S/C17H24FNO2/c1-12-5-6-16(18)9-15(12)11-19-7-3-4-14(10-19)13(2)8-17(20)21/h5-6,9,13-14H,3-4,7-8,10-11H2,1-2H3,(H,20,21). The number of carboxylic acid groups (broad SMARTS) is 1. The number of likely N-dealkylation sites (tertiary alicyclic amines) is 1. The third kappa shape index (κ3) is 4.53. The van der Waals surface area contributed by atoms with Crippen molar-refractivity contribution in [3.05, 3.63) is 35.1 Å². The van der Waals surface area contributed by atoms with Crippen molar-refractivity contribution in [3.8, 4) is 0 Å². The molecule has 21 heavy (non-hydrogen) atoms. The number of aryl methyl sites for hydroxylation is 1. The zero-order valence-corrected chi connectivity index (χ0v) is 12.8. The van der Waals surface area contributed by atoms with Gasteiger partial charge in [-0.05, 0) is 61.4 Å². The van der Waals surface area contributed by atoms with Gasteiger partial charge >= 0.3 is 5.97 Å². The molecule has 1 aromatic rings. The third-order valence-corrected chi connectivity index (χ3v) is 4.55. The Balaban J connectivity index is 1.98. The maximum Gasteiger partial charge on any atom is 0.303 e. The number of carboxylic acids is 1. The van der Waals surface area contributed by atoms with E-state index < -0.39 is 5.97 Å². The maximum atomic E-state index is 13.4. The summed E-state index contributed by atoms with van der Waals surface area (Å²) in [6.07, 6.45) is 2.41. The number of carbonyl (C=O) groups is 1. The lowest BCUT2D eigenvalue weighted by atomic mass is 9.84. The molecule has 0 aliphatic carbocycles. The molecule has 2 unspecified atom stereocenters. The first-order valence-corrected chi connectivity index (χ1v) is 7.65. The molecule has 1 fully saturated rings. The molecule has 1 aliphatic heterocycles. The van der Waals surface area contributed by atoms with Crippen molar-refractivity contribution in [2.75, 3.05) is 13.1 Å². The summed E-state index contributed by atoms with van der Waals surface area (Å²) in [7, 11) is 0. The van der Waals surface area contributed by atoms with Crippen LogP contribution in [0.1, 0.15) is 37.3 Å². The maximum absolute atomic E-state index is 13.4. The molecule has 2 atom stereocenters. The molecule has 4 heteroatoms. The Morgan fingerprint density at radius 3 is 3.00 bits per heavy atom. The highest BCUT2D eigenvalue weighted by Crippen LogP contribution is 2.27. The van der Waals surface area contributed by atoms with Crippen LogP contribution in [0.5, 0.6) is 0 Å². The van der Waals surface area contributed by atoms with Crippen molar-refractivity contribution in [1.82, 2.24) is 4.90 Å². The van der Waals surface area contributed by atoms with Crippen LogP contribution in [0.4, 0.5) is 4.39 Å². The molecule has 1 N–H and O–H groups in total. The SMILES string of the molecule is Cc1ccc(F)cc1CN1CCCC(C(C)CC(=O)O)C1. The number of halogens is 1. The fourth-order valence-electron chi connectivity index (χ4n) is 3.19. The summed E-state index contributed by atoms with van der Waals surface area (Å²) >= 11 is 0. The number of rotatable bonds is 5. The van der Waals surface area contributed by atoms with Gasteiger partial charge in [-0.1, -0.05) is 13.0 Å². The monoisotopic (exact) mass is 293 g/mol. The molecule has 116 valence electrons. The number of hydrogen-bond donors (Lipinski definition) is 1. The minimum Gasteiger partial charge on any atom is -0.481 e. The first-order valence-electron chi connectivity index (χ1n) is 7.65. The molecule has 0 spiro atoms. The third-order valence-electron chi connectivity index (χ3n) is 4.55. The minimum atomic E-state index is -0.722. The van der Waals surface area contributed by atoms with Crippen molar-refractivity contribution in [2.24, 2.45) is 11.8 Å². The van der Waals surface area contributed by atoms with Gasteiger partial charge in [0.15, 0.2) is 0 Å². The predicted molar refractivity (Wildman–Crippen MR) is 80.6 cm³/mol. The van der Waals surface area contributed by atoms with Crippen LogP contribution in [0.2, 0.25) is 0 Å². The molecule has 1 aromatic carbocycles. The Bertz CT molecular complexity index is 504. The van der Waals surface area contributed by atoms with E-state index in [1.54, 1.807) is 6.07 Å². The second-order valence-electron chi connectivity index (χ2n) is 6.28. The summed E-state index contributed by atoms with van der Waals surface area (Å²) in [6.45, 7) is 6.69. The first-order chi connectivity index (χ1) is 9.95. The van der Waals surface area contributed by atoms with Crippen molar-refractivity contribution in [2.45, 2.75) is 39.7 Å². The molecule has 0 aromatic heterocycles. The van der Waals surface area contributed by atoms with Crippen LogP contribution >= 0.6 is 0 Å². The average Bonchev–Trinajstić information content (AvgIpc) is 2.42. The van der Waals surface area contributed by atoms with Crippen LogP contribution in [0.3, 0.4) is 0 Å². The lowest BCUT2D eigenvalue weighted by Gasteiger charge is -2.35. The van der Waals surface area contributed by atoms with Gasteiger partial charge < -0.3 is 5.11 Å². The average molecular weight is 293 g/mol. The number of nitrogens with zero attached hydrogens (tertiary/aromatic N) is 1. The van der Waals surface area contributed by atoms with E-state index in [0.717, 1.165) is 43.6 Å². The van der Waals surface area contributed by atoms with Gasteiger partial charge in [-0.2, -0.15) is 0 Å². The quantitative estimate of drug-likeness (QED) is 0.904. The lowest BCUT2D eigenvalue weighted by molar-refractivity contribution is -0.138. The number of benzene rings is 1. The molecule has 1 saturated heterocycles. The van der Waals surface area contributed by atoms with Gasteiger partial charge in [0, 0.05) is 19.5 Å². The molecule has 0 amide bonds. The van der Waals surface area contributed by atoms with E-state index in [1.807, 2.05) is 19.9 Å². The second kappa shape index (κ2) is 7.03. The predicted octanol–water partition coefficient (Wildman–Crippen LogP) is 3.46. The highest BCUT2D eigenvalue weighted by molar-refractivity contribution is 5.67. The first kappa shape index (κ1) is 16.0. The van der Waals surface area contributed by atoms with Crippen molar-refractivity contribution in [3.63, 3.8) is 0 Å². The fraction of sp³-hybridized carbons (Fsp3) is 0.588. The zero-order valence-electron chi connectivity index (χ0n) is 12.8. The molecular formula is C17H24FNO2. The normalized spacial score (nSPS) is 21.2. The van der Waals surface area contributed by atoms with E-state index in [9.17, 15) is 9.18 Å². The van der Waals surface area contributed by atoms with Crippen LogP contribution in [0, 0.1) is 24.6 Å². The summed E-state index contributed by atoms with van der Waals surface area (Å²) in [5.41, 5.74) is 2.14. The Labute approximate surface area is 125 Å². The molecule has 1 aliphatic rings. The van der Waals surface area contributed by atoms with Crippen LogP contribution in [0.15, 0.2) is 18.2 Å². The summed E-state index contributed by atoms with van der Waals surface area (Å²) in [4.78, 5) is 13.2. The van der Waals surface area contributed by atoms with E-state index in [2.05, 4.69) is 4.90 Å². The minimum absolute atomic E-state index is 0.191. The van der Waals surface area contributed by atoms with E-state index in [1.165, 1.54) is 6.07 Å². The van der Waals surface area contributed by atoms with Crippen molar-refractivity contribution >= 4 is 5.97 Å². The van der Waals surface area contributed by atoms with E-state index in [0.29, 0.717) is 5.92 Å². The van der Waals surface area contributed by atoms with Gasteiger partial charge in [0.2, 0.25) is 0 Å². The smallest absolute Gasteiger partial charge is 0.303 e. The zero-order chi connectivity index (χ0) is 15.4. The Morgan fingerprint density at radius 1 is 1.52 bits per heavy atom. The van der Waals surface area contributed by atoms with Gasteiger partial charge in [0.25, 0.3) is 0 Å². The molecule has 0 radical (unpaired) electrons. The Hall–Kier alpha value is -1.42. The van der Waals surface area contributed by atoms with Crippen LogP contribution in [0.25, 0.3) is 0 Å². The van der Waals surface area contributed by atoms with Crippen LogP contribution in [-0.4, -0.2) is 29.1 Å². The topological polar surface area (TPSA) is 40.5 Å². The highest BCUT2D eigenvalue weighted by Gasteiger charge is 2.26. The number of aliphatic carboxylic acids is 1. The Kier molecular flexibility index (Phi) is 5.34. The van der Waals surface area contributed by atoms with Crippen molar-refractivity contribution < 1.29 is 14.3 Å². The second-order valence-corrected chi connectivity index (χ2v) is 6.28. The molecule has 0 saturated carbocycles. The van der Waals surface area contributed by atoms with Crippen molar-refractivity contribution in [1.29, 1.82) is 0 Å². The summed E-state index contributed by atoms with van der Waals surface area (Å²) in [5, 5.41) is 8.93. The summed E-state index contributed by atoms with van der Waals surface area (Å²) < 4.78 is 13.4. The lowest BCUT2D eigenvalue weighted by Crippen LogP contribution is -2.38. The molecule has 3 nitrogen and oxygen atoms in total. The van der Waals surface area contributed by atoms with Gasteiger partial charge in [0.1, 0.15) is 5.82 Å². The van der Waals surface area contributed by atoms with E-state index >= 15 is 0 Å². The summed E-state index contributed by atoms with van der Waals surface area (Å²) in [5.74, 6) is -0.299. The largest absolute Gasteiger partial charge is 0.481 e.